The van der Waals surface area contributed by atoms with Crippen LogP contribution >= 0.6 is 0 Å². The molecule has 0 saturated carbocycles. The molecule has 0 bridgehead atoms. The Kier molecular flexibility index (Phi) is 2.91. The maximum absolute atomic E-state index is 10.9. The van der Waals surface area contributed by atoms with Gasteiger partial charge in [0.2, 0.25) is 0 Å². The van der Waals surface area contributed by atoms with Crippen molar-refractivity contribution in [2.75, 3.05) is 0 Å². The second-order valence-corrected chi connectivity index (χ2v) is 3.36. The second kappa shape index (κ2) is 4.52. The van der Waals surface area contributed by atoms with Crippen LogP contribution in [0, 0.1) is 10.1 Å². The average Bonchev–Trinajstić information content (AvgIpc) is 2.39. The third-order valence-electron chi connectivity index (χ3n) is 2.31. The smallest absolute Gasteiger partial charge is 0.277 e. The standard InChI is InChI=1S/C12H8N2O3/c15-8-10-7-9(5-6-13-10)11-3-1-2-4-12(11)14(16)17/h1-8H. The molecule has 1 aromatic carbocycles. The number of nitro benzene ring substituents is 1. The molecule has 2 aromatic rings. The van der Waals surface area contributed by atoms with Gasteiger partial charge < -0.3 is 0 Å². The van der Waals surface area contributed by atoms with Crippen LogP contribution in [0.2, 0.25) is 0 Å². The fraction of sp³-hybridized carbons (Fsp3) is 0. The molecule has 0 unspecified atom stereocenters. The largest absolute Gasteiger partial charge is 0.296 e. The first-order valence-electron chi connectivity index (χ1n) is 4.87. The zero-order valence-electron chi connectivity index (χ0n) is 8.74. The Morgan fingerprint density at radius 1 is 1.24 bits per heavy atom. The highest BCUT2D eigenvalue weighted by atomic mass is 16.6. The van der Waals surface area contributed by atoms with Gasteiger partial charge in [-0.2, -0.15) is 0 Å². The van der Waals surface area contributed by atoms with Crippen LogP contribution in [0.4, 0.5) is 5.69 Å². The number of hydrogen-bond donors (Lipinski definition) is 0. The van der Waals surface area contributed by atoms with Gasteiger partial charge in [-0.1, -0.05) is 12.1 Å². The highest BCUT2D eigenvalue weighted by molar-refractivity contribution is 5.79. The number of pyridine rings is 1. The molecule has 0 aliphatic heterocycles. The summed E-state index contributed by atoms with van der Waals surface area (Å²) in [4.78, 5) is 24.9. The number of benzene rings is 1. The van der Waals surface area contributed by atoms with E-state index >= 15 is 0 Å². The lowest BCUT2D eigenvalue weighted by Gasteiger charge is -2.02. The summed E-state index contributed by atoms with van der Waals surface area (Å²) in [6.07, 6.45) is 2.06. The maximum Gasteiger partial charge on any atom is 0.277 e. The van der Waals surface area contributed by atoms with Gasteiger partial charge in [-0.3, -0.25) is 19.9 Å². The summed E-state index contributed by atoms with van der Waals surface area (Å²) in [5.41, 5.74) is 1.34. The number of carbonyl (C=O) groups excluding carboxylic acids is 1. The molecule has 0 radical (unpaired) electrons. The van der Waals surface area contributed by atoms with E-state index in [4.69, 9.17) is 0 Å². The molecule has 0 saturated heterocycles. The predicted molar refractivity (Wildman–Crippen MR) is 61.7 cm³/mol. The quantitative estimate of drug-likeness (QED) is 0.459. The lowest BCUT2D eigenvalue weighted by atomic mass is 10.0. The number of aldehydes is 1. The average molecular weight is 228 g/mol. The second-order valence-electron chi connectivity index (χ2n) is 3.36. The van der Waals surface area contributed by atoms with Crippen LogP contribution in [0.15, 0.2) is 42.6 Å². The molecule has 5 heteroatoms. The molecule has 0 amide bonds. The molecule has 2 rings (SSSR count). The van der Waals surface area contributed by atoms with E-state index in [1.54, 1.807) is 24.3 Å². The van der Waals surface area contributed by atoms with Gasteiger partial charge >= 0.3 is 0 Å². The van der Waals surface area contributed by atoms with Crippen LogP contribution in [0.5, 0.6) is 0 Å². The Bertz CT molecular complexity index is 581. The van der Waals surface area contributed by atoms with Crippen LogP contribution in [-0.2, 0) is 0 Å². The van der Waals surface area contributed by atoms with Gasteiger partial charge in [0.05, 0.1) is 10.5 Å². The van der Waals surface area contributed by atoms with Crippen LogP contribution in [0.3, 0.4) is 0 Å². The molecule has 0 atom stereocenters. The van der Waals surface area contributed by atoms with Gasteiger partial charge in [0.1, 0.15) is 5.69 Å². The number of para-hydroxylation sites is 1. The molecule has 1 aromatic heterocycles. The minimum atomic E-state index is -0.448. The molecule has 0 N–H and O–H groups in total. The van der Waals surface area contributed by atoms with Crippen molar-refractivity contribution < 1.29 is 9.72 Å². The zero-order chi connectivity index (χ0) is 12.3. The summed E-state index contributed by atoms with van der Waals surface area (Å²) in [5, 5.41) is 10.9. The first kappa shape index (κ1) is 10.9. The van der Waals surface area contributed by atoms with E-state index in [1.165, 1.54) is 18.3 Å². The summed E-state index contributed by atoms with van der Waals surface area (Å²) >= 11 is 0. The van der Waals surface area contributed by atoms with E-state index in [9.17, 15) is 14.9 Å². The van der Waals surface area contributed by atoms with Crippen LogP contribution in [0.25, 0.3) is 11.1 Å². The molecule has 1 heterocycles. The Hall–Kier alpha value is -2.56. The topological polar surface area (TPSA) is 73.1 Å². The maximum atomic E-state index is 10.9. The highest BCUT2D eigenvalue weighted by Crippen LogP contribution is 2.29. The minimum absolute atomic E-state index is 0.00977. The Morgan fingerprint density at radius 3 is 2.71 bits per heavy atom. The van der Waals surface area contributed by atoms with Crippen molar-refractivity contribution in [3.8, 4) is 11.1 Å². The van der Waals surface area contributed by atoms with Gasteiger partial charge in [-0.05, 0) is 23.8 Å². The van der Waals surface area contributed by atoms with Crippen LogP contribution < -0.4 is 0 Å². The Balaban J connectivity index is 2.59. The number of carbonyl (C=O) groups is 1. The van der Waals surface area contributed by atoms with Crippen molar-refractivity contribution in [1.82, 2.24) is 4.98 Å². The van der Waals surface area contributed by atoms with E-state index < -0.39 is 4.92 Å². The van der Waals surface area contributed by atoms with Crippen molar-refractivity contribution in [3.63, 3.8) is 0 Å². The van der Waals surface area contributed by atoms with E-state index in [1.807, 2.05) is 0 Å². The van der Waals surface area contributed by atoms with E-state index in [2.05, 4.69) is 4.98 Å². The molecular formula is C12H8N2O3. The SMILES string of the molecule is O=Cc1cc(-c2ccccc2[N+](=O)[O-])ccn1. The molecule has 17 heavy (non-hydrogen) atoms. The van der Waals surface area contributed by atoms with Gasteiger partial charge in [0.15, 0.2) is 6.29 Å². The van der Waals surface area contributed by atoms with E-state index in [0.717, 1.165) is 0 Å². The van der Waals surface area contributed by atoms with Crippen LogP contribution in [0.1, 0.15) is 10.5 Å². The molecular weight excluding hydrogens is 220 g/mol. The Labute approximate surface area is 96.9 Å². The summed E-state index contributed by atoms with van der Waals surface area (Å²) in [5.74, 6) is 0. The number of hydrogen-bond acceptors (Lipinski definition) is 4. The fourth-order valence-corrected chi connectivity index (χ4v) is 1.56. The normalized spacial score (nSPS) is 9.88. The summed E-state index contributed by atoms with van der Waals surface area (Å²) in [7, 11) is 0. The monoisotopic (exact) mass is 228 g/mol. The molecule has 0 fully saturated rings. The highest BCUT2D eigenvalue weighted by Gasteiger charge is 2.14. The fourth-order valence-electron chi connectivity index (χ4n) is 1.56. The van der Waals surface area contributed by atoms with Crippen molar-refractivity contribution in [2.24, 2.45) is 0 Å². The summed E-state index contributed by atoms with van der Waals surface area (Å²) in [6.45, 7) is 0. The van der Waals surface area contributed by atoms with Gasteiger partial charge in [0, 0.05) is 12.3 Å². The number of nitro groups is 1. The summed E-state index contributed by atoms with van der Waals surface area (Å²) in [6, 6.07) is 9.54. The molecule has 0 aliphatic rings. The zero-order valence-corrected chi connectivity index (χ0v) is 8.74. The van der Waals surface area contributed by atoms with Crippen molar-refractivity contribution >= 4 is 12.0 Å². The number of rotatable bonds is 3. The predicted octanol–water partition coefficient (Wildman–Crippen LogP) is 2.47. The van der Waals surface area contributed by atoms with E-state index in [-0.39, 0.29) is 11.4 Å². The third-order valence-corrected chi connectivity index (χ3v) is 2.31. The summed E-state index contributed by atoms with van der Waals surface area (Å²) < 4.78 is 0. The van der Waals surface area contributed by atoms with Crippen molar-refractivity contribution in [2.45, 2.75) is 0 Å². The van der Waals surface area contributed by atoms with Crippen molar-refractivity contribution in [3.05, 3.63) is 58.4 Å². The molecule has 84 valence electrons. The molecule has 0 aliphatic carbocycles. The third kappa shape index (κ3) is 2.17. The number of nitrogens with zero attached hydrogens (tertiary/aromatic N) is 2. The minimum Gasteiger partial charge on any atom is -0.296 e. The lowest BCUT2D eigenvalue weighted by molar-refractivity contribution is -0.384. The van der Waals surface area contributed by atoms with E-state index in [0.29, 0.717) is 17.4 Å². The molecule has 0 spiro atoms. The van der Waals surface area contributed by atoms with Crippen molar-refractivity contribution in [1.29, 1.82) is 0 Å². The first-order valence-corrected chi connectivity index (χ1v) is 4.87. The van der Waals surface area contributed by atoms with Gasteiger partial charge in [-0.25, -0.2) is 0 Å². The molecule has 5 nitrogen and oxygen atoms in total. The van der Waals surface area contributed by atoms with Gasteiger partial charge in [0.25, 0.3) is 5.69 Å². The first-order chi connectivity index (χ1) is 8.22. The number of aromatic nitrogens is 1. The van der Waals surface area contributed by atoms with Crippen LogP contribution in [-0.4, -0.2) is 16.2 Å². The van der Waals surface area contributed by atoms with Gasteiger partial charge in [-0.15, -0.1) is 0 Å². The Morgan fingerprint density at radius 2 is 2.00 bits per heavy atom. The lowest BCUT2D eigenvalue weighted by Crippen LogP contribution is -1.93.